The molecule has 0 bridgehead atoms. The van der Waals surface area contributed by atoms with Gasteiger partial charge in [-0.25, -0.2) is 0 Å². The van der Waals surface area contributed by atoms with Crippen LogP contribution in [0.2, 0.25) is 0 Å². The summed E-state index contributed by atoms with van der Waals surface area (Å²) in [6.45, 7) is 2.12. The van der Waals surface area contributed by atoms with Crippen LogP contribution in [0.5, 0.6) is 0 Å². The van der Waals surface area contributed by atoms with Crippen molar-refractivity contribution in [2.45, 2.75) is 6.92 Å². The van der Waals surface area contributed by atoms with E-state index < -0.39 is 0 Å². The summed E-state index contributed by atoms with van der Waals surface area (Å²) in [5.74, 6) is 0. The molecule has 0 N–H and O–H groups in total. The van der Waals surface area contributed by atoms with Crippen LogP contribution in [-0.2, 0) is 0 Å². The van der Waals surface area contributed by atoms with Crippen LogP contribution in [0.1, 0.15) is 11.1 Å². The van der Waals surface area contributed by atoms with Gasteiger partial charge in [-0.15, -0.1) is 0 Å². The molecule has 5 rings (SSSR count). The van der Waals surface area contributed by atoms with Crippen LogP contribution >= 0.6 is 0 Å². The lowest BCUT2D eigenvalue weighted by atomic mass is 9.86. The van der Waals surface area contributed by atoms with Gasteiger partial charge in [0.05, 0.1) is 11.6 Å². The molecule has 0 heterocycles. The molecule has 0 saturated carbocycles. The largest absolute Gasteiger partial charge is 0.192 e. The first-order chi connectivity index (χ1) is 14.3. The van der Waals surface area contributed by atoms with E-state index in [4.69, 9.17) is 0 Å². The smallest absolute Gasteiger partial charge is 0.0991 e. The van der Waals surface area contributed by atoms with E-state index in [9.17, 15) is 5.26 Å². The molecule has 29 heavy (non-hydrogen) atoms. The Morgan fingerprint density at radius 3 is 1.28 bits per heavy atom. The lowest BCUT2D eigenvalue weighted by molar-refractivity contribution is 1.47. The van der Waals surface area contributed by atoms with E-state index in [0.29, 0.717) is 5.56 Å². The monoisotopic (exact) mass is 369 g/mol. The molecule has 0 atom stereocenters. The molecule has 0 aliphatic rings. The molecule has 0 fully saturated rings. The van der Waals surface area contributed by atoms with Gasteiger partial charge in [-0.2, -0.15) is 5.26 Å². The highest BCUT2D eigenvalue weighted by Gasteiger charge is 2.16. The second-order valence-corrected chi connectivity index (χ2v) is 7.40. The van der Waals surface area contributed by atoms with Gasteiger partial charge < -0.3 is 0 Å². The summed E-state index contributed by atoms with van der Waals surface area (Å²) < 4.78 is 0. The Morgan fingerprint density at radius 2 is 0.897 bits per heavy atom. The Kier molecular flexibility index (Phi) is 4.12. The van der Waals surface area contributed by atoms with Crippen molar-refractivity contribution in [1.82, 2.24) is 0 Å². The molecule has 0 aliphatic heterocycles. The van der Waals surface area contributed by atoms with E-state index in [2.05, 4.69) is 97.9 Å². The fourth-order valence-electron chi connectivity index (χ4n) is 4.18. The van der Waals surface area contributed by atoms with Gasteiger partial charge in [0.2, 0.25) is 0 Å². The highest BCUT2D eigenvalue weighted by molar-refractivity contribution is 6.21. The van der Waals surface area contributed by atoms with Crippen LogP contribution in [0.3, 0.4) is 0 Å². The van der Waals surface area contributed by atoms with E-state index in [0.717, 1.165) is 5.56 Å². The Labute approximate surface area is 170 Å². The molecular weight excluding hydrogens is 350 g/mol. The zero-order valence-corrected chi connectivity index (χ0v) is 16.2. The Balaban J connectivity index is 1.93. The zero-order valence-electron chi connectivity index (χ0n) is 16.2. The van der Waals surface area contributed by atoms with Gasteiger partial charge in [-0.1, -0.05) is 90.5 Å². The average Bonchev–Trinajstić information content (AvgIpc) is 2.78. The van der Waals surface area contributed by atoms with Crippen molar-refractivity contribution in [1.29, 1.82) is 5.26 Å². The Hall–Kier alpha value is -3.89. The molecule has 5 aromatic carbocycles. The molecule has 0 radical (unpaired) electrons. The minimum absolute atomic E-state index is 0.679. The molecule has 0 spiro atoms. The lowest BCUT2D eigenvalue weighted by Crippen LogP contribution is -1.91. The number of benzene rings is 5. The number of aryl methyl sites for hydroxylation is 1. The van der Waals surface area contributed by atoms with Gasteiger partial charge in [0.15, 0.2) is 0 Å². The standard InChI is InChI=1S/C28H19N/c1-19-10-14-21(15-11-19)27-23-6-2-4-8-25(23)28(26-9-5-3-7-24(26)27)22-16-12-20(18-29)13-17-22/h2-17H,1H3. The average molecular weight is 369 g/mol. The van der Waals surface area contributed by atoms with Crippen LogP contribution in [-0.4, -0.2) is 0 Å². The van der Waals surface area contributed by atoms with Crippen molar-refractivity contribution in [2.24, 2.45) is 0 Å². The second-order valence-electron chi connectivity index (χ2n) is 7.40. The number of nitriles is 1. The van der Waals surface area contributed by atoms with Crippen molar-refractivity contribution in [2.75, 3.05) is 0 Å². The van der Waals surface area contributed by atoms with Gasteiger partial charge in [0.1, 0.15) is 0 Å². The molecule has 0 unspecified atom stereocenters. The van der Waals surface area contributed by atoms with Crippen molar-refractivity contribution >= 4 is 21.5 Å². The van der Waals surface area contributed by atoms with E-state index in [1.54, 1.807) is 0 Å². The third-order valence-electron chi connectivity index (χ3n) is 5.57. The topological polar surface area (TPSA) is 23.8 Å². The molecule has 0 aromatic heterocycles. The minimum Gasteiger partial charge on any atom is -0.192 e. The summed E-state index contributed by atoms with van der Waals surface area (Å²) in [6, 6.07) is 36.1. The lowest BCUT2D eigenvalue weighted by Gasteiger charge is -2.17. The fourth-order valence-corrected chi connectivity index (χ4v) is 4.18. The maximum Gasteiger partial charge on any atom is 0.0991 e. The number of hydrogen-bond acceptors (Lipinski definition) is 1. The maximum absolute atomic E-state index is 9.17. The molecule has 0 saturated heterocycles. The molecule has 136 valence electrons. The van der Waals surface area contributed by atoms with Gasteiger partial charge >= 0.3 is 0 Å². The van der Waals surface area contributed by atoms with Crippen LogP contribution < -0.4 is 0 Å². The minimum atomic E-state index is 0.679. The molecule has 0 aliphatic carbocycles. The first-order valence-electron chi connectivity index (χ1n) is 9.77. The van der Waals surface area contributed by atoms with Crippen molar-refractivity contribution in [3.63, 3.8) is 0 Å². The van der Waals surface area contributed by atoms with Crippen molar-refractivity contribution < 1.29 is 0 Å². The summed E-state index contributed by atoms with van der Waals surface area (Å²) in [5.41, 5.74) is 6.79. The van der Waals surface area contributed by atoms with Gasteiger partial charge in [-0.05, 0) is 62.9 Å². The van der Waals surface area contributed by atoms with Gasteiger partial charge in [0, 0.05) is 0 Å². The number of hydrogen-bond donors (Lipinski definition) is 0. The number of fused-ring (bicyclic) bond motifs is 2. The maximum atomic E-state index is 9.17. The van der Waals surface area contributed by atoms with Gasteiger partial charge in [0.25, 0.3) is 0 Å². The quantitative estimate of drug-likeness (QED) is 0.295. The van der Waals surface area contributed by atoms with Crippen LogP contribution in [0.25, 0.3) is 43.8 Å². The first kappa shape index (κ1) is 17.2. The highest BCUT2D eigenvalue weighted by atomic mass is 14.2. The van der Waals surface area contributed by atoms with E-state index in [-0.39, 0.29) is 0 Å². The second kappa shape index (κ2) is 6.93. The third-order valence-corrected chi connectivity index (χ3v) is 5.57. The molecule has 1 nitrogen and oxygen atoms in total. The van der Waals surface area contributed by atoms with Crippen molar-refractivity contribution in [3.05, 3.63) is 108 Å². The first-order valence-corrected chi connectivity index (χ1v) is 9.77. The Bertz CT molecular complexity index is 1330. The zero-order chi connectivity index (χ0) is 19.8. The molecule has 1 heteroatoms. The summed E-state index contributed by atoms with van der Waals surface area (Å²) in [4.78, 5) is 0. The summed E-state index contributed by atoms with van der Waals surface area (Å²) >= 11 is 0. The number of nitrogens with zero attached hydrogens (tertiary/aromatic N) is 1. The van der Waals surface area contributed by atoms with E-state index in [1.807, 2.05) is 12.1 Å². The fraction of sp³-hybridized carbons (Fsp3) is 0.0357. The SMILES string of the molecule is Cc1ccc(-c2c3ccccc3c(-c3ccc(C#N)cc3)c3ccccc23)cc1. The van der Waals surface area contributed by atoms with Gasteiger partial charge in [-0.3, -0.25) is 0 Å². The predicted octanol–water partition coefficient (Wildman–Crippen LogP) is 7.51. The van der Waals surface area contributed by atoms with Crippen LogP contribution in [0.15, 0.2) is 97.1 Å². The predicted molar refractivity (Wildman–Crippen MR) is 122 cm³/mol. The normalized spacial score (nSPS) is 10.9. The highest BCUT2D eigenvalue weighted by Crippen LogP contribution is 2.43. The van der Waals surface area contributed by atoms with E-state index >= 15 is 0 Å². The van der Waals surface area contributed by atoms with Crippen molar-refractivity contribution in [3.8, 4) is 28.3 Å². The summed E-state index contributed by atoms with van der Waals surface area (Å²) in [7, 11) is 0. The summed E-state index contributed by atoms with van der Waals surface area (Å²) in [5, 5.41) is 14.1. The Morgan fingerprint density at radius 1 is 0.517 bits per heavy atom. The van der Waals surface area contributed by atoms with E-state index in [1.165, 1.54) is 43.8 Å². The molecule has 5 aromatic rings. The third kappa shape index (κ3) is 2.87. The molecule has 0 amide bonds. The van der Waals surface area contributed by atoms with Crippen LogP contribution in [0.4, 0.5) is 0 Å². The molecular formula is C28H19N. The van der Waals surface area contributed by atoms with Crippen LogP contribution in [0, 0.1) is 18.3 Å². The number of rotatable bonds is 2. The summed E-state index contributed by atoms with van der Waals surface area (Å²) in [6.07, 6.45) is 0.